The minimum Gasteiger partial charge on any atom is -0.493 e. The molecule has 0 radical (unpaired) electrons. The maximum atomic E-state index is 12.7. The van der Waals surface area contributed by atoms with Crippen LogP contribution in [0.25, 0.3) is 4.85 Å². The van der Waals surface area contributed by atoms with Gasteiger partial charge in [0, 0.05) is 7.05 Å². The summed E-state index contributed by atoms with van der Waals surface area (Å²) in [7, 11) is 3.27. The van der Waals surface area contributed by atoms with Crippen LogP contribution in [0.15, 0.2) is 36.7 Å². The first-order valence-corrected chi connectivity index (χ1v) is 9.44. The van der Waals surface area contributed by atoms with Crippen LogP contribution in [0, 0.1) is 6.57 Å². The number of benzene rings is 1. The van der Waals surface area contributed by atoms with E-state index in [1.165, 1.54) is 13.3 Å². The molecule has 0 fully saturated rings. The molecule has 1 aliphatic heterocycles. The van der Waals surface area contributed by atoms with Crippen LogP contribution in [0.1, 0.15) is 27.4 Å². The van der Waals surface area contributed by atoms with Gasteiger partial charge in [0.25, 0.3) is 11.7 Å². The van der Waals surface area contributed by atoms with Gasteiger partial charge in [-0.25, -0.2) is 0 Å². The van der Waals surface area contributed by atoms with E-state index >= 15 is 0 Å². The van der Waals surface area contributed by atoms with E-state index in [0.29, 0.717) is 57.8 Å². The molecule has 0 spiro atoms. The number of methoxy groups -OCH3 is 1. The molecule has 2 aromatic heterocycles. The molecule has 0 saturated carbocycles. The summed E-state index contributed by atoms with van der Waals surface area (Å²) < 4.78 is 5.42. The third-order valence-corrected chi connectivity index (χ3v) is 4.98. The third-order valence-electron chi connectivity index (χ3n) is 4.68. The number of ether oxygens (including phenoxy) is 1. The number of hydrogen-bond acceptors (Lipinski definition) is 6. The Morgan fingerprint density at radius 3 is 2.87 bits per heavy atom. The number of fused-ring (bicyclic) bond motifs is 1. The Bertz CT molecular complexity index is 1190. The van der Waals surface area contributed by atoms with Gasteiger partial charge < -0.3 is 19.8 Å². The van der Waals surface area contributed by atoms with Crippen molar-refractivity contribution >= 4 is 34.7 Å². The van der Waals surface area contributed by atoms with Crippen LogP contribution in [0.3, 0.4) is 0 Å². The molecule has 0 atom stereocenters. The molecule has 0 bridgehead atoms. The lowest BCUT2D eigenvalue weighted by atomic mass is 10.1. The summed E-state index contributed by atoms with van der Waals surface area (Å²) in [6.07, 6.45) is 3.40. The van der Waals surface area contributed by atoms with Gasteiger partial charge in [-0.3, -0.25) is 14.8 Å². The van der Waals surface area contributed by atoms with Gasteiger partial charge in [0.2, 0.25) is 0 Å². The molecule has 0 unspecified atom stereocenters. The molecule has 4 rings (SSSR count). The van der Waals surface area contributed by atoms with Crippen molar-refractivity contribution in [2.75, 3.05) is 19.5 Å². The molecule has 3 aromatic rings. The van der Waals surface area contributed by atoms with Crippen LogP contribution in [-0.4, -0.2) is 39.9 Å². The lowest BCUT2D eigenvalue weighted by Crippen LogP contribution is -2.18. The molecule has 1 aromatic carbocycles. The lowest BCUT2D eigenvalue weighted by molar-refractivity contribution is 0.0817. The second kappa shape index (κ2) is 7.97. The van der Waals surface area contributed by atoms with E-state index in [-0.39, 0.29) is 11.7 Å². The number of amides is 1. The van der Waals surface area contributed by atoms with Crippen molar-refractivity contribution in [2.45, 2.75) is 13.0 Å². The second-order valence-electron chi connectivity index (χ2n) is 6.75. The van der Waals surface area contributed by atoms with Crippen molar-refractivity contribution in [3.8, 4) is 5.75 Å². The maximum absolute atomic E-state index is 12.7. The third kappa shape index (κ3) is 3.63. The predicted octanol–water partition coefficient (Wildman–Crippen LogP) is 4.00. The summed E-state index contributed by atoms with van der Waals surface area (Å²) in [5, 5.41) is 3.74. The van der Waals surface area contributed by atoms with E-state index < -0.39 is 0 Å². The largest absolute Gasteiger partial charge is 0.493 e. The highest BCUT2D eigenvalue weighted by molar-refractivity contribution is 6.32. The van der Waals surface area contributed by atoms with Crippen LogP contribution >= 0.6 is 11.6 Å². The molecular weight excluding hydrogens is 404 g/mol. The van der Waals surface area contributed by atoms with E-state index in [1.54, 1.807) is 30.3 Å². The zero-order valence-electron chi connectivity index (χ0n) is 16.3. The number of para-hydroxylation sites is 1. The molecule has 8 nitrogen and oxygen atoms in total. The topological polar surface area (TPSA) is 84.6 Å². The SMILES string of the molecule is [C-]#[N+]c1cncc(Cc2cc(Nc3cccc(Cl)c3OC)c3c(n2)CN(C)C3=O)n1. The van der Waals surface area contributed by atoms with Crippen LogP contribution in [0.5, 0.6) is 5.75 Å². The van der Waals surface area contributed by atoms with Crippen LogP contribution in [0.4, 0.5) is 17.2 Å². The number of aromatic nitrogens is 3. The minimum atomic E-state index is -0.109. The molecule has 0 aliphatic carbocycles. The Morgan fingerprint density at radius 2 is 2.10 bits per heavy atom. The molecule has 30 heavy (non-hydrogen) atoms. The Hall–Kier alpha value is -3.70. The average molecular weight is 421 g/mol. The van der Waals surface area contributed by atoms with E-state index in [2.05, 4.69) is 25.1 Å². The van der Waals surface area contributed by atoms with Crippen molar-refractivity contribution in [1.82, 2.24) is 19.9 Å². The van der Waals surface area contributed by atoms with Crippen LogP contribution in [-0.2, 0) is 13.0 Å². The first kappa shape index (κ1) is 19.6. The molecule has 1 amide bonds. The highest BCUT2D eigenvalue weighted by Crippen LogP contribution is 2.37. The Balaban J connectivity index is 1.77. The van der Waals surface area contributed by atoms with Crippen molar-refractivity contribution in [2.24, 2.45) is 0 Å². The summed E-state index contributed by atoms with van der Waals surface area (Å²) in [6, 6.07) is 7.16. The number of nitrogens with one attached hydrogen (secondary N) is 1. The fourth-order valence-electron chi connectivity index (χ4n) is 3.36. The van der Waals surface area contributed by atoms with Crippen molar-refractivity contribution in [3.05, 3.63) is 75.7 Å². The minimum absolute atomic E-state index is 0.109. The zero-order valence-corrected chi connectivity index (χ0v) is 17.1. The predicted molar refractivity (Wildman–Crippen MR) is 112 cm³/mol. The van der Waals surface area contributed by atoms with Gasteiger partial charge in [0.05, 0.1) is 65.8 Å². The Labute approximate surface area is 178 Å². The highest BCUT2D eigenvalue weighted by atomic mass is 35.5. The van der Waals surface area contributed by atoms with Gasteiger partial charge in [0.1, 0.15) is 0 Å². The van der Waals surface area contributed by atoms with Crippen LogP contribution in [0.2, 0.25) is 5.02 Å². The maximum Gasteiger partial charge on any atom is 0.288 e. The summed E-state index contributed by atoms with van der Waals surface area (Å²) in [5.41, 5.74) is 3.78. The second-order valence-corrected chi connectivity index (χ2v) is 7.15. The molecule has 0 saturated heterocycles. The number of anilines is 2. The number of carbonyl (C=O) groups excluding carboxylic acids is 1. The van der Waals surface area contributed by atoms with E-state index in [9.17, 15) is 4.79 Å². The zero-order chi connectivity index (χ0) is 21.3. The highest BCUT2D eigenvalue weighted by Gasteiger charge is 2.30. The van der Waals surface area contributed by atoms with Gasteiger partial charge in [-0.05, 0) is 18.2 Å². The fraction of sp³-hybridized carbons (Fsp3) is 0.190. The number of pyridine rings is 1. The summed E-state index contributed by atoms with van der Waals surface area (Å²) >= 11 is 6.24. The molecule has 1 aliphatic rings. The first-order valence-electron chi connectivity index (χ1n) is 9.06. The van der Waals surface area contributed by atoms with E-state index in [4.69, 9.17) is 22.9 Å². The average Bonchev–Trinajstić information content (AvgIpc) is 3.02. The summed E-state index contributed by atoms with van der Waals surface area (Å²) in [6.45, 7) is 7.52. The first-order chi connectivity index (χ1) is 14.5. The fourth-order valence-corrected chi connectivity index (χ4v) is 3.62. The normalized spacial score (nSPS) is 12.5. The summed E-state index contributed by atoms with van der Waals surface area (Å²) in [5.74, 6) is 0.605. The number of nitrogens with zero attached hydrogens (tertiary/aromatic N) is 5. The number of carbonyl (C=O) groups is 1. The van der Waals surface area contributed by atoms with E-state index in [1.807, 2.05) is 12.1 Å². The van der Waals surface area contributed by atoms with Crippen molar-refractivity contribution < 1.29 is 9.53 Å². The number of rotatable bonds is 5. The quantitative estimate of drug-likeness (QED) is 0.628. The number of halogens is 1. The molecular formula is C21H17ClN6O2. The van der Waals surface area contributed by atoms with Gasteiger partial charge in [-0.2, -0.15) is 0 Å². The van der Waals surface area contributed by atoms with Gasteiger partial charge in [-0.15, -0.1) is 4.98 Å². The Morgan fingerprint density at radius 1 is 1.27 bits per heavy atom. The van der Waals surface area contributed by atoms with Crippen LogP contribution < -0.4 is 10.1 Å². The lowest BCUT2D eigenvalue weighted by Gasteiger charge is -2.15. The summed E-state index contributed by atoms with van der Waals surface area (Å²) in [4.78, 5) is 30.6. The van der Waals surface area contributed by atoms with Crippen molar-refractivity contribution in [3.63, 3.8) is 0 Å². The standard InChI is InChI=1S/C21H17ClN6O2/c1-23-18-10-24-9-13(26-18)7-12-8-16(19-17(25-12)11-28(2)21(19)29)27-15-6-4-5-14(22)20(15)30-3/h4-6,8-10H,7,11H2,2-3H3,(H,25,27). The Kier molecular flexibility index (Phi) is 5.21. The molecule has 9 heteroatoms. The molecule has 1 N–H and O–H groups in total. The van der Waals surface area contributed by atoms with Gasteiger partial charge in [0.15, 0.2) is 11.4 Å². The van der Waals surface area contributed by atoms with Gasteiger partial charge >= 0.3 is 0 Å². The van der Waals surface area contributed by atoms with E-state index in [0.717, 1.165) is 0 Å². The van der Waals surface area contributed by atoms with Crippen molar-refractivity contribution in [1.29, 1.82) is 0 Å². The smallest absolute Gasteiger partial charge is 0.288 e. The van der Waals surface area contributed by atoms with Gasteiger partial charge in [-0.1, -0.05) is 24.2 Å². The number of hydrogen-bond donors (Lipinski definition) is 1. The molecule has 150 valence electrons. The molecule has 3 heterocycles. The monoisotopic (exact) mass is 420 g/mol.